The first-order chi connectivity index (χ1) is 14.7. The number of nitrogens with zero attached hydrogens (tertiary/aromatic N) is 1. The number of hydrogen-bond acceptors (Lipinski definition) is 5. The molecule has 10 heteroatoms. The quantitative estimate of drug-likeness (QED) is 0.432. The van der Waals surface area contributed by atoms with E-state index in [4.69, 9.17) is 9.15 Å². The second-order valence-corrected chi connectivity index (χ2v) is 6.41. The van der Waals surface area contributed by atoms with Crippen molar-refractivity contribution in [3.63, 3.8) is 0 Å². The smallest absolute Gasteiger partial charge is 0.416 e. The molecule has 0 unspecified atom stereocenters. The van der Waals surface area contributed by atoms with E-state index in [1.807, 2.05) is 0 Å². The lowest BCUT2D eigenvalue weighted by Gasteiger charge is -2.10. The summed E-state index contributed by atoms with van der Waals surface area (Å²) in [5.41, 5.74) is -0.355. The van der Waals surface area contributed by atoms with Crippen molar-refractivity contribution in [2.75, 3.05) is 11.9 Å². The third kappa shape index (κ3) is 6.39. The summed E-state index contributed by atoms with van der Waals surface area (Å²) in [5.74, 6) is -1.21. The van der Waals surface area contributed by atoms with Gasteiger partial charge >= 0.3 is 12.1 Å². The Balaban J connectivity index is 1.44. The topological polar surface area (TPSA) is 81.4 Å². The van der Waals surface area contributed by atoms with Crippen LogP contribution in [0.2, 0.25) is 0 Å². The lowest BCUT2D eigenvalue weighted by molar-refractivity contribution is -0.147. The molecular weight excluding hydrogens is 420 g/mol. The molecule has 162 valence electrons. The fourth-order valence-corrected chi connectivity index (χ4v) is 2.57. The lowest BCUT2D eigenvalue weighted by Crippen LogP contribution is -2.21. The van der Waals surface area contributed by atoms with Gasteiger partial charge in [0.25, 0.3) is 5.91 Å². The molecule has 0 aliphatic carbocycles. The van der Waals surface area contributed by atoms with Crippen molar-refractivity contribution in [2.24, 2.45) is 0 Å². The zero-order valence-electron chi connectivity index (χ0n) is 15.9. The van der Waals surface area contributed by atoms with Crippen LogP contribution in [0.25, 0.3) is 11.3 Å². The molecular formula is C21H16F4N2O4. The van der Waals surface area contributed by atoms with Gasteiger partial charge in [0.2, 0.25) is 0 Å². The van der Waals surface area contributed by atoms with Crippen LogP contribution in [0.15, 0.2) is 59.1 Å². The molecule has 0 bridgehead atoms. The van der Waals surface area contributed by atoms with Crippen molar-refractivity contribution in [1.29, 1.82) is 0 Å². The number of esters is 1. The van der Waals surface area contributed by atoms with Gasteiger partial charge in [0.1, 0.15) is 5.82 Å². The van der Waals surface area contributed by atoms with Gasteiger partial charge in [-0.15, -0.1) is 0 Å². The molecule has 31 heavy (non-hydrogen) atoms. The number of benzene rings is 2. The highest BCUT2D eigenvalue weighted by Gasteiger charge is 2.30. The molecule has 1 aromatic heterocycles. The number of halogens is 4. The lowest BCUT2D eigenvalue weighted by atomic mass is 10.2. The van der Waals surface area contributed by atoms with Crippen LogP contribution in [0, 0.1) is 5.82 Å². The number of carbonyl (C=O) groups excluding carboxylic acids is 2. The van der Waals surface area contributed by atoms with Gasteiger partial charge in [0.05, 0.1) is 18.2 Å². The number of alkyl halides is 3. The number of rotatable bonds is 7. The number of aryl methyl sites for hydroxylation is 1. The summed E-state index contributed by atoms with van der Waals surface area (Å²) in [4.78, 5) is 27.6. The Kier molecular flexibility index (Phi) is 6.68. The Hall–Kier alpha value is -3.69. The summed E-state index contributed by atoms with van der Waals surface area (Å²) in [6, 6.07) is 9.70. The second kappa shape index (κ2) is 9.41. The van der Waals surface area contributed by atoms with Crippen molar-refractivity contribution in [2.45, 2.75) is 19.0 Å². The molecule has 0 spiro atoms. The summed E-state index contributed by atoms with van der Waals surface area (Å²) >= 11 is 0. The minimum absolute atomic E-state index is 0.0658. The number of oxazole rings is 1. The van der Waals surface area contributed by atoms with E-state index in [-0.39, 0.29) is 30.2 Å². The first kappa shape index (κ1) is 22.0. The molecule has 0 saturated carbocycles. The van der Waals surface area contributed by atoms with Crippen LogP contribution in [0.4, 0.5) is 23.2 Å². The Morgan fingerprint density at radius 1 is 1.10 bits per heavy atom. The summed E-state index contributed by atoms with van der Waals surface area (Å²) in [5, 5.41) is 2.24. The summed E-state index contributed by atoms with van der Waals surface area (Å²) in [6.07, 6.45) is -3.12. The van der Waals surface area contributed by atoms with Gasteiger partial charge in [-0.25, -0.2) is 9.37 Å². The molecule has 1 amide bonds. The predicted molar refractivity (Wildman–Crippen MR) is 101 cm³/mol. The number of ether oxygens (including phenoxy) is 1. The minimum atomic E-state index is -4.54. The van der Waals surface area contributed by atoms with E-state index in [1.54, 1.807) is 0 Å². The SMILES string of the molecule is O=C(COC(=O)CCc1ncc(-c2ccc(F)cc2)o1)Nc1cccc(C(F)(F)F)c1. The number of carbonyl (C=O) groups is 2. The third-order valence-electron chi connectivity index (χ3n) is 4.06. The molecule has 0 fully saturated rings. The fraction of sp³-hybridized carbons (Fsp3) is 0.190. The molecule has 1 N–H and O–H groups in total. The molecule has 6 nitrogen and oxygen atoms in total. The molecule has 1 heterocycles. The molecule has 0 aliphatic rings. The van der Waals surface area contributed by atoms with Crippen LogP contribution in [0.3, 0.4) is 0 Å². The van der Waals surface area contributed by atoms with Crippen LogP contribution >= 0.6 is 0 Å². The van der Waals surface area contributed by atoms with Gasteiger partial charge in [-0.2, -0.15) is 13.2 Å². The Bertz CT molecular complexity index is 1060. The van der Waals surface area contributed by atoms with E-state index in [9.17, 15) is 27.2 Å². The van der Waals surface area contributed by atoms with E-state index in [2.05, 4.69) is 10.3 Å². The standard InChI is InChI=1S/C21H16F4N2O4/c22-15-6-4-13(5-7-15)17-11-26-19(31-17)8-9-20(29)30-12-18(28)27-16-3-1-2-14(10-16)21(23,24)25/h1-7,10-11H,8-9,12H2,(H,27,28). The third-order valence-corrected chi connectivity index (χ3v) is 4.06. The van der Waals surface area contributed by atoms with Crippen LogP contribution in [-0.4, -0.2) is 23.5 Å². The van der Waals surface area contributed by atoms with Crippen molar-refractivity contribution in [3.8, 4) is 11.3 Å². The highest BCUT2D eigenvalue weighted by molar-refractivity contribution is 5.92. The van der Waals surface area contributed by atoms with E-state index in [0.29, 0.717) is 11.3 Å². The normalized spacial score (nSPS) is 11.2. The number of aromatic nitrogens is 1. The average Bonchev–Trinajstić information content (AvgIpc) is 3.20. The Morgan fingerprint density at radius 2 is 1.84 bits per heavy atom. The van der Waals surface area contributed by atoms with Crippen LogP contribution in [0.1, 0.15) is 17.9 Å². The molecule has 2 aromatic carbocycles. The fourth-order valence-electron chi connectivity index (χ4n) is 2.57. The molecule has 0 atom stereocenters. The molecule has 3 rings (SSSR count). The summed E-state index contributed by atoms with van der Waals surface area (Å²) in [7, 11) is 0. The highest BCUT2D eigenvalue weighted by atomic mass is 19.4. The largest absolute Gasteiger partial charge is 0.456 e. The zero-order chi connectivity index (χ0) is 22.4. The van der Waals surface area contributed by atoms with E-state index >= 15 is 0 Å². The van der Waals surface area contributed by atoms with Gasteiger partial charge in [-0.05, 0) is 42.5 Å². The van der Waals surface area contributed by atoms with Crippen molar-refractivity contribution < 1.29 is 36.3 Å². The van der Waals surface area contributed by atoms with Crippen LogP contribution < -0.4 is 5.32 Å². The minimum Gasteiger partial charge on any atom is -0.456 e. The Morgan fingerprint density at radius 3 is 2.55 bits per heavy atom. The van der Waals surface area contributed by atoms with Crippen molar-refractivity contribution in [3.05, 3.63) is 72.0 Å². The molecule has 0 radical (unpaired) electrons. The zero-order valence-corrected chi connectivity index (χ0v) is 15.9. The van der Waals surface area contributed by atoms with E-state index in [0.717, 1.165) is 18.2 Å². The predicted octanol–water partition coefficient (Wildman–Crippen LogP) is 4.61. The maximum Gasteiger partial charge on any atom is 0.416 e. The molecule has 0 saturated heterocycles. The number of anilines is 1. The van der Waals surface area contributed by atoms with Crippen LogP contribution in [-0.2, 0) is 26.9 Å². The van der Waals surface area contributed by atoms with Gasteiger partial charge in [0.15, 0.2) is 18.3 Å². The first-order valence-corrected chi connectivity index (χ1v) is 9.04. The number of nitrogens with one attached hydrogen (secondary N) is 1. The maximum absolute atomic E-state index is 13.0. The number of hydrogen-bond donors (Lipinski definition) is 1. The number of amides is 1. The van der Waals surface area contributed by atoms with E-state index in [1.165, 1.54) is 36.5 Å². The van der Waals surface area contributed by atoms with Gasteiger partial charge in [-0.1, -0.05) is 6.07 Å². The average molecular weight is 436 g/mol. The highest BCUT2D eigenvalue weighted by Crippen LogP contribution is 2.30. The van der Waals surface area contributed by atoms with Gasteiger partial charge in [-0.3, -0.25) is 9.59 Å². The van der Waals surface area contributed by atoms with Gasteiger partial charge < -0.3 is 14.5 Å². The first-order valence-electron chi connectivity index (χ1n) is 9.04. The summed E-state index contributed by atoms with van der Waals surface area (Å²) in [6.45, 7) is -0.651. The van der Waals surface area contributed by atoms with E-state index < -0.39 is 30.2 Å². The van der Waals surface area contributed by atoms with Gasteiger partial charge in [0, 0.05) is 17.7 Å². The Labute approximate surface area is 173 Å². The monoisotopic (exact) mass is 436 g/mol. The van der Waals surface area contributed by atoms with Crippen LogP contribution in [0.5, 0.6) is 0 Å². The van der Waals surface area contributed by atoms with Crippen molar-refractivity contribution >= 4 is 17.6 Å². The molecule has 3 aromatic rings. The second-order valence-electron chi connectivity index (χ2n) is 6.41. The summed E-state index contributed by atoms with van der Waals surface area (Å²) < 4.78 is 61.3. The van der Waals surface area contributed by atoms with Crippen molar-refractivity contribution in [1.82, 2.24) is 4.98 Å². The molecule has 0 aliphatic heterocycles. The maximum atomic E-state index is 13.0.